The van der Waals surface area contributed by atoms with Gasteiger partial charge in [-0.2, -0.15) is 5.10 Å². The molecule has 2 heterocycles. The van der Waals surface area contributed by atoms with Gasteiger partial charge in [0.15, 0.2) is 0 Å². The van der Waals surface area contributed by atoms with Gasteiger partial charge in [-0.15, -0.1) is 0 Å². The average molecular weight is 294 g/mol. The second kappa shape index (κ2) is 6.26. The van der Waals surface area contributed by atoms with Crippen LogP contribution in [0.3, 0.4) is 0 Å². The summed E-state index contributed by atoms with van der Waals surface area (Å²) in [6.45, 7) is 4.02. The number of aliphatic hydroxyl groups excluding tert-OH is 1. The number of aryl methyl sites for hydroxylation is 2. The number of likely N-dealkylation sites (tertiary alicyclic amines) is 1. The summed E-state index contributed by atoms with van der Waals surface area (Å²) in [6, 6.07) is -0.369. The van der Waals surface area contributed by atoms with Crippen LogP contribution >= 0.6 is 0 Å². The van der Waals surface area contributed by atoms with E-state index in [2.05, 4.69) is 10.4 Å². The van der Waals surface area contributed by atoms with Crippen LogP contribution in [0.4, 0.5) is 0 Å². The number of carbonyl (C=O) groups excluding carboxylic acids is 2. The van der Waals surface area contributed by atoms with Crippen molar-refractivity contribution in [1.82, 2.24) is 20.0 Å². The lowest BCUT2D eigenvalue weighted by atomic mass is 10.1. The van der Waals surface area contributed by atoms with Crippen LogP contribution < -0.4 is 5.32 Å². The summed E-state index contributed by atoms with van der Waals surface area (Å²) in [7, 11) is 1.87. The molecule has 2 rings (SSSR count). The molecule has 0 aromatic carbocycles. The molecule has 1 aliphatic heterocycles. The first-order valence-electron chi connectivity index (χ1n) is 7.09. The van der Waals surface area contributed by atoms with Crippen LogP contribution in [0.1, 0.15) is 24.6 Å². The molecule has 7 nitrogen and oxygen atoms in total. The minimum atomic E-state index is -0.696. The standard InChI is InChI=1S/C14H22N4O3/c1-9-11(6-15-17(9)3)4-5-14(21)18-7-12(13(20)8-18)16-10(2)19/h6,12-13,20H,4-5,7-8H2,1-3H3,(H,16,19)/t12-,13-/m1/s1. The Morgan fingerprint density at radius 3 is 2.76 bits per heavy atom. The maximum Gasteiger partial charge on any atom is 0.223 e. The molecule has 0 unspecified atom stereocenters. The molecule has 2 N–H and O–H groups in total. The van der Waals surface area contributed by atoms with Crippen molar-refractivity contribution in [2.45, 2.75) is 38.8 Å². The predicted octanol–water partition coefficient (Wildman–Crippen LogP) is -0.631. The van der Waals surface area contributed by atoms with Gasteiger partial charge in [0.05, 0.1) is 18.3 Å². The number of β-amino-alcohol motifs (C(OH)–C–C–N with tert-alkyl or cyclic N) is 1. The first-order chi connectivity index (χ1) is 9.88. The molecule has 0 bridgehead atoms. The Labute approximate surface area is 123 Å². The Kier molecular flexibility index (Phi) is 4.62. The van der Waals surface area contributed by atoms with Gasteiger partial charge in [0.2, 0.25) is 11.8 Å². The van der Waals surface area contributed by atoms with E-state index in [0.717, 1.165) is 11.3 Å². The van der Waals surface area contributed by atoms with E-state index in [1.165, 1.54) is 6.92 Å². The van der Waals surface area contributed by atoms with Crippen molar-refractivity contribution < 1.29 is 14.7 Å². The fourth-order valence-corrected chi connectivity index (χ4v) is 2.58. The van der Waals surface area contributed by atoms with E-state index in [4.69, 9.17) is 0 Å². The lowest BCUT2D eigenvalue weighted by Crippen LogP contribution is -2.41. The van der Waals surface area contributed by atoms with Crippen molar-refractivity contribution in [2.75, 3.05) is 13.1 Å². The monoisotopic (exact) mass is 294 g/mol. The number of nitrogens with one attached hydrogen (secondary N) is 1. The van der Waals surface area contributed by atoms with Gasteiger partial charge in [0, 0.05) is 39.2 Å². The molecule has 0 saturated carbocycles. The highest BCUT2D eigenvalue weighted by molar-refractivity contribution is 5.77. The second-order valence-corrected chi connectivity index (χ2v) is 5.55. The van der Waals surface area contributed by atoms with E-state index in [0.29, 0.717) is 19.4 Å². The number of aliphatic hydroxyl groups is 1. The number of aromatic nitrogens is 2. The third-order valence-electron chi connectivity index (χ3n) is 3.98. The molecule has 2 atom stereocenters. The molecule has 1 aromatic heterocycles. The minimum absolute atomic E-state index is 0.00912. The molecular weight excluding hydrogens is 272 g/mol. The zero-order valence-corrected chi connectivity index (χ0v) is 12.7. The van der Waals surface area contributed by atoms with Gasteiger partial charge in [-0.1, -0.05) is 0 Å². The van der Waals surface area contributed by atoms with E-state index in [-0.39, 0.29) is 24.4 Å². The molecule has 0 radical (unpaired) electrons. The number of carbonyl (C=O) groups is 2. The minimum Gasteiger partial charge on any atom is -0.389 e. The Morgan fingerprint density at radius 1 is 1.48 bits per heavy atom. The average Bonchev–Trinajstić information content (AvgIpc) is 2.92. The molecule has 1 aromatic rings. The van der Waals surface area contributed by atoms with Crippen molar-refractivity contribution in [1.29, 1.82) is 0 Å². The second-order valence-electron chi connectivity index (χ2n) is 5.55. The summed E-state index contributed by atoms with van der Waals surface area (Å²) in [6.07, 6.45) is 2.10. The van der Waals surface area contributed by atoms with Crippen molar-refractivity contribution in [3.05, 3.63) is 17.5 Å². The predicted molar refractivity (Wildman–Crippen MR) is 76.5 cm³/mol. The van der Waals surface area contributed by atoms with Gasteiger partial charge in [-0.3, -0.25) is 14.3 Å². The molecule has 116 valence electrons. The number of amides is 2. The van der Waals surface area contributed by atoms with Gasteiger partial charge in [-0.25, -0.2) is 0 Å². The molecule has 1 saturated heterocycles. The number of rotatable bonds is 4. The van der Waals surface area contributed by atoms with Gasteiger partial charge < -0.3 is 15.3 Å². The molecule has 1 fully saturated rings. The summed E-state index contributed by atoms with van der Waals surface area (Å²) >= 11 is 0. The summed E-state index contributed by atoms with van der Waals surface area (Å²) < 4.78 is 1.78. The topological polar surface area (TPSA) is 87.5 Å². The third kappa shape index (κ3) is 3.60. The molecule has 7 heteroatoms. The largest absolute Gasteiger partial charge is 0.389 e. The SMILES string of the molecule is CC(=O)N[C@@H]1CN(C(=O)CCc2cnn(C)c2C)C[C@H]1O. The van der Waals surface area contributed by atoms with Crippen molar-refractivity contribution in [3.63, 3.8) is 0 Å². The quantitative estimate of drug-likeness (QED) is 0.774. The maximum absolute atomic E-state index is 12.2. The van der Waals surface area contributed by atoms with Crippen LogP contribution in [0.15, 0.2) is 6.20 Å². The van der Waals surface area contributed by atoms with E-state index >= 15 is 0 Å². The van der Waals surface area contributed by atoms with Crippen molar-refractivity contribution in [2.24, 2.45) is 7.05 Å². The Balaban J connectivity index is 1.87. The molecule has 0 aliphatic carbocycles. The first-order valence-corrected chi connectivity index (χ1v) is 7.09. The Morgan fingerprint density at radius 2 is 2.19 bits per heavy atom. The van der Waals surface area contributed by atoms with E-state index < -0.39 is 6.10 Å². The fraction of sp³-hybridized carbons (Fsp3) is 0.643. The van der Waals surface area contributed by atoms with Crippen LogP contribution in [0.25, 0.3) is 0 Å². The highest BCUT2D eigenvalue weighted by Crippen LogP contribution is 2.14. The number of nitrogens with zero attached hydrogens (tertiary/aromatic N) is 3. The molecule has 2 amide bonds. The van der Waals surface area contributed by atoms with Crippen LogP contribution in [0, 0.1) is 6.92 Å². The highest BCUT2D eigenvalue weighted by Gasteiger charge is 2.34. The molecule has 0 spiro atoms. The normalized spacial score (nSPS) is 21.6. The highest BCUT2D eigenvalue weighted by atomic mass is 16.3. The molecular formula is C14H22N4O3. The summed E-state index contributed by atoms with van der Waals surface area (Å²) in [5.74, 6) is -0.204. The number of hydrogen-bond acceptors (Lipinski definition) is 4. The fourth-order valence-electron chi connectivity index (χ4n) is 2.58. The van der Waals surface area contributed by atoms with Gasteiger partial charge in [-0.05, 0) is 18.9 Å². The third-order valence-corrected chi connectivity index (χ3v) is 3.98. The first kappa shape index (κ1) is 15.5. The van der Waals surface area contributed by atoms with Gasteiger partial charge in [0.25, 0.3) is 0 Å². The summed E-state index contributed by atoms with van der Waals surface area (Å²) in [4.78, 5) is 24.8. The van der Waals surface area contributed by atoms with Crippen LogP contribution in [-0.4, -0.2) is 56.8 Å². The van der Waals surface area contributed by atoms with Gasteiger partial charge >= 0.3 is 0 Å². The van der Waals surface area contributed by atoms with Crippen molar-refractivity contribution in [3.8, 4) is 0 Å². The lowest BCUT2D eigenvalue weighted by molar-refractivity contribution is -0.130. The van der Waals surface area contributed by atoms with E-state index in [1.54, 1.807) is 15.8 Å². The summed E-state index contributed by atoms with van der Waals surface area (Å²) in [5.41, 5.74) is 2.12. The van der Waals surface area contributed by atoms with E-state index in [1.807, 2.05) is 14.0 Å². The summed E-state index contributed by atoms with van der Waals surface area (Å²) in [5, 5.41) is 16.7. The molecule has 21 heavy (non-hydrogen) atoms. The zero-order chi connectivity index (χ0) is 15.6. The Hall–Kier alpha value is -1.89. The number of hydrogen-bond donors (Lipinski definition) is 2. The van der Waals surface area contributed by atoms with Crippen LogP contribution in [0.5, 0.6) is 0 Å². The van der Waals surface area contributed by atoms with Gasteiger partial charge in [0.1, 0.15) is 0 Å². The smallest absolute Gasteiger partial charge is 0.223 e. The van der Waals surface area contributed by atoms with E-state index in [9.17, 15) is 14.7 Å². The Bertz CT molecular complexity index is 540. The molecule has 1 aliphatic rings. The van der Waals surface area contributed by atoms with Crippen LogP contribution in [-0.2, 0) is 23.1 Å². The maximum atomic E-state index is 12.2. The zero-order valence-electron chi connectivity index (χ0n) is 12.7. The lowest BCUT2D eigenvalue weighted by Gasteiger charge is -2.16. The van der Waals surface area contributed by atoms with Crippen molar-refractivity contribution >= 4 is 11.8 Å². The van der Waals surface area contributed by atoms with Crippen LogP contribution in [0.2, 0.25) is 0 Å².